The fraction of sp³-hybridized carbons (Fsp3) is 0.500. The summed E-state index contributed by atoms with van der Waals surface area (Å²) in [7, 11) is 4.04. The predicted octanol–water partition coefficient (Wildman–Crippen LogP) is 2.16. The quantitative estimate of drug-likeness (QED) is 0.628. The molecule has 0 atom stereocenters. The first-order valence-electron chi connectivity index (χ1n) is 7.68. The maximum Gasteiger partial charge on any atom is 0.193 e. The SMILES string of the molecule is CCNC(=NCCc1cnn(C)c1)N(C)CCc1cccs1. The number of aryl methyl sites for hydroxylation is 1. The molecule has 5 nitrogen and oxygen atoms in total. The van der Waals surface area contributed by atoms with Crippen LogP contribution >= 0.6 is 11.3 Å². The van der Waals surface area contributed by atoms with Crippen molar-refractivity contribution < 1.29 is 0 Å². The fourth-order valence-electron chi connectivity index (χ4n) is 2.20. The first kappa shape index (κ1) is 16.5. The molecule has 120 valence electrons. The molecule has 2 rings (SSSR count). The summed E-state index contributed by atoms with van der Waals surface area (Å²) in [5.41, 5.74) is 1.23. The number of guanidine groups is 1. The van der Waals surface area contributed by atoms with Gasteiger partial charge in [0.1, 0.15) is 0 Å². The molecule has 2 aromatic rings. The molecular weight excluding hydrogens is 294 g/mol. The maximum atomic E-state index is 4.72. The van der Waals surface area contributed by atoms with Gasteiger partial charge in [-0.25, -0.2) is 0 Å². The molecule has 22 heavy (non-hydrogen) atoms. The van der Waals surface area contributed by atoms with Crippen molar-refractivity contribution in [2.75, 3.05) is 26.7 Å². The molecule has 0 fully saturated rings. The van der Waals surface area contributed by atoms with Crippen molar-refractivity contribution >= 4 is 17.3 Å². The van der Waals surface area contributed by atoms with Crippen LogP contribution in [0.5, 0.6) is 0 Å². The number of aromatic nitrogens is 2. The minimum absolute atomic E-state index is 0.775. The lowest BCUT2D eigenvalue weighted by molar-refractivity contribution is 0.487. The number of likely N-dealkylation sites (N-methyl/N-ethyl adjacent to an activating group) is 1. The average Bonchev–Trinajstić information content (AvgIpc) is 3.15. The molecule has 0 amide bonds. The molecule has 0 saturated carbocycles. The second kappa shape index (κ2) is 8.58. The minimum Gasteiger partial charge on any atom is -0.357 e. The van der Waals surface area contributed by atoms with Gasteiger partial charge in [0.05, 0.1) is 6.20 Å². The van der Waals surface area contributed by atoms with Crippen molar-refractivity contribution in [3.8, 4) is 0 Å². The first-order chi connectivity index (χ1) is 10.7. The van der Waals surface area contributed by atoms with Crippen molar-refractivity contribution in [1.29, 1.82) is 0 Å². The number of thiophene rings is 1. The zero-order valence-corrected chi connectivity index (χ0v) is 14.4. The zero-order chi connectivity index (χ0) is 15.8. The highest BCUT2D eigenvalue weighted by atomic mass is 32.1. The van der Waals surface area contributed by atoms with Gasteiger partial charge < -0.3 is 10.2 Å². The van der Waals surface area contributed by atoms with Crippen molar-refractivity contribution in [1.82, 2.24) is 20.0 Å². The van der Waals surface area contributed by atoms with Crippen LogP contribution in [0.25, 0.3) is 0 Å². The van der Waals surface area contributed by atoms with Crippen LogP contribution in [0.4, 0.5) is 0 Å². The molecule has 0 aliphatic heterocycles. The first-order valence-corrected chi connectivity index (χ1v) is 8.56. The van der Waals surface area contributed by atoms with Crippen LogP contribution in [-0.2, 0) is 19.9 Å². The van der Waals surface area contributed by atoms with Crippen LogP contribution in [0.1, 0.15) is 17.4 Å². The monoisotopic (exact) mass is 319 g/mol. The summed E-state index contributed by atoms with van der Waals surface area (Å²) in [6.45, 7) is 4.73. The van der Waals surface area contributed by atoms with E-state index in [2.05, 4.69) is 46.8 Å². The van der Waals surface area contributed by atoms with Crippen LogP contribution < -0.4 is 5.32 Å². The second-order valence-electron chi connectivity index (χ2n) is 5.26. The van der Waals surface area contributed by atoms with Gasteiger partial charge in [-0.2, -0.15) is 5.10 Å². The summed E-state index contributed by atoms with van der Waals surface area (Å²) >= 11 is 1.81. The van der Waals surface area contributed by atoms with Gasteiger partial charge in [-0.05, 0) is 36.8 Å². The van der Waals surface area contributed by atoms with Gasteiger partial charge in [0, 0.05) is 44.8 Å². The zero-order valence-electron chi connectivity index (χ0n) is 13.6. The van der Waals surface area contributed by atoms with E-state index in [1.165, 1.54) is 10.4 Å². The van der Waals surface area contributed by atoms with Crippen molar-refractivity contribution in [2.45, 2.75) is 19.8 Å². The molecule has 0 aliphatic carbocycles. The number of nitrogens with one attached hydrogen (secondary N) is 1. The Balaban J connectivity index is 1.85. The molecule has 2 aromatic heterocycles. The van der Waals surface area contributed by atoms with E-state index in [-0.39, 0.29) is 0 Å². The third-order valence-electron chi connectivity index (χ3n) is 3.39. The van der Waals surface area contributed by atoms with Crippen LogP contribution in [0.15, 0.2) is 34.9 Å². The largest absolute Gasteiger partial charge is 0.357 e. The molecule has 1 N–H and O–H groups in total. The van der Waals surface area contributed by atoms with Crippen LogP contribution in [0.3, 0.4) is 0 Å². The lowest BCUT2D eigenvalue weighted by Crippen LogP contribution is -2.40. The van der Waals surface area contributed by atoms with Gasteiger partial charge >= 0.3 is 0 Å². The Morgan fingerprint density at radius 1 is 1.45 bits per heavy atom. The predicted molar refractivity (Wildman–Crippen MR) is 93.5 cm³/mol. The molecule has 0 spiro atoms. The minimum atomic E-state index is 0.775. The lowest BCUT2D eigenvalue weighted by atomic mass is 10.2. The lowest BCUT2D eigenvalue weighted by Gasteiger charge is -2.21. The summed E-state index contributed by atoms with van der Waals surface area (Å²) in [6.07, 6.45) is 5.93. The van der Waals surface area contributed by atoms with Gasteiger partial charge in [0.25, 0.3) is 0 Å². The Morgan fingerprint density at radius 3 is 2.95 bits per heavy atom. The highest BCUT2D eigenvalue weighted by Gasteiger charge is 2.06. The average molecular weight is 319 g/mol. The van der Waals surface area contributed by atoms with E-state index in [9.17, 15) is 0 Å². The fourth-order valence-corrected chi connectivity index (χ4v) is 2.90. The van der Waals surface area contributed by atoms with E-state index >= 15 is 0 Å². The molecule has 6 heteroatoms. The standard InChI is InChI=1S/C16H25N5S/c1-4-17-16(18-9-7-14-12-19-21(3)13-14)20(2)10-8-15-6-5-11-22-15/h5-6,11-13H,4,7-10H2,1-3H3,(H,17,18). The van der Waals surface area contributed by atoms with E-state index in [0.29, 0.717) is 0 Å². The van der Waals surface area contributed by atoms with Gasteiger partial charge in [-0.15, -0.1) is 11.3 Å². The highest BCUT2D eigenvalue weighted by molar-refractivity contribution is 7.09. The number of hydrogen-bond acceptors (Lipinski definition) is 3. The molecular formula is C16H25N5S. The summed E-state index contributed by atoms with van der Waals surface area (Å²) in [4.78, 5) is 8.33. The van der Waals surface area contributed by atoms with Crippen LogP contribution in [0, 0.1) is 0 Å². The molecule has 0 aromatic carbocycles. The molecule has 0 aliphatic rings. The van der Waals surface area contributed by atoms with Gasteiger partial charge in [0.2, 0.25) is 0 Å². The summed E-state index contributed by atoms with van der Waals surface area (Å²) < 4.78 is 1.83. The third kappa shape index (κ3) is 5.18. The molecule has 0 radical (unpaired) electrons. The van der Waals surface area contributed by atoms with E-state index in [1.54, 1.807) is 0 Å². The Labute approximate surface area is 136 Å². The molecule has 0 bridgehead atoms. The molecule has 0 saturated heterocycles. The van der Waals surface area contributed by atoms with Crippen LogP contribution in [0.2, 0.25) is 0 Å². The Kier molecular flexibility index (Phi) is 6.45. The smallest absolute Gasteiger partial charge is 0.193 e. The number of rotatable bonds is 7. The van der Waals surface area contributed by atoms with Crippen molar-refractivity contribution in [3.63, 3.8) is 0 Å². The van der Waals surface area contributed by atoms with E-state index in [1.807, 2.05) is 35.5 Å². The third-order valence-corrected chi connectivity index (χ3v) is 4.33. The van der Waals surface area contributed by atoms with E-state index < -0.39 is 0 Å². The Bertz CT molecular complexity index is 573. The highest BCUT2D eigenvalue weighted by Crippen LogP contribution is 2.09. The number of nitrogens with zero attached hydrogens (tertiary/aromatic N) is 4. The topological polar surface area (TPSA) is 45.5 Å². The van der Waals surface area contributed by atoms with Crippen molar-refractivity contribution in [2.24, 2.45) is 12.0 Å². The van der Waals surface area contributed by atoms with E-state index in [4.69, 9.17) is 4.99 Å². The summed E-state index contributed by atoms with van der Waals surface area (Å²) in [5, 5.41) is 9.68. The summed E-state index contributed by atoms with van der Waals surface area (Å²) in [5.74, 6) is 0.975. The second-order valence-corrected chi connectivity index (χ2v) is 6.29. The van der Waals surface area contributed by atoms with E-state index in [0.717, 1.165) is 38.4 Å². The van der Waals surface area contributed by atoms with Gasteiger partial charge in [0.15, 0.2) is 5.96 Å². The Hall–Kier alpha value is -1.82. The molecule has 0 unspecified atom stereocenters. The van der Waals surface area contributed by atoms with Crippen LogP contribution in [-0.4, -0.2) is 47.3 Å². The Morgan fingerprint density at radius 2 is 2.32 bits per heavy atom. The molecule has 2 heterocycles. The normalized spacial score (nSPS) is 11.7. The summed E-state index contributed by atoms with van der Waals surface area (Å²) in [6, 6.07) is 4.29. The number of hydrogen-bond donors (Lipinski definition) is 1. The number of aliphatic imine (C=N–C) groups is 1. The van der Waals surface area contributed by atoms with Gasteiger partial charge in [-0.3, -0.25) is 9.67 Å². The van der Waals surface area contributed by atoms with Gasteiger partial charge in [-0.1, -0.05) is 6.07 Å². The maximum absolute atomic E-state index is 4.72. The van der Waals surface area contributed by atoms with Crippen molar-refractivity contribution in [3.05, 3.63) is 40.3 Å².